The van der Waals surface area contributed by atoms with E-state index >= 15 is 0 Å². The van der Waals surface area contributed by atoms with E-state index in [9.17, 15) is 9.70 Å². The van der Waals surface area contributed by atoms with Gasteiger partial charge in [-0.05, 0) is 37.5 Å². The Morgan fingerprint density at radius 3 is 2.67 bits per heavy atom. The van der Waals surface area contributed by atoms with Gasteiger partial charge in [0, 0.05) is 25.7 Å². The van der Waals surface area contributed by atoms with Gasteiger partial charge in [0.05, 0.1) is 12.2 Å². The van der Waals surface area contributed by atoms with Gasteiger partial charge in [0.1, 0.15) is 12.6 Å². The maximum atomic E-state index is 12.9. The highest BCUT2D eigenvalue weighted by molar-refractivity contribution is 6.01. The topological polar surface area (TPSA) is 81.9 Å². The van der Waals surface area contributed by atoms with Gasteiger partial charge in [-0.3, -0.25) is 9.80 Å². The number of nitroso groups, excluding NO2 is 1. The summed E-state index contributed by atoms with van der Waals surface area (Å²) in [6.07, 6.45) is 1.31. The van der Waals surface area contributed by atoms with Gasteiger partial charge in [0.2, 0.25) is 10.7 Å². The van der Waals surface area contributed by atoms with Crippen LogP contribution < -0.4 is 14.2 Å². The molecule has 0 bridgehead atoms. The number of aromatic nitrogens is 2. The fraction of sp³-hybridized carbons (Fsp3) is 0.429. The standard InChI is InChI=1S/C21H27ClN5O3/c1-5-14(2)30-20-24-19-18(27(20)13-16-7-9-17(22)10-8-16)15(3)26(12-6-11-23-29)21(28)25(19)4/h7-10,14,22H,3,5-6,11-13H2,1-2,4H3/q+1/p+1. The van der Waals surface area contributed by atoms with Crippen molar-refractivity contribution in [2.75, 3.05) is 25.0 Å². The minimum atomic E-state index is -0.211. The van der Waals surface area contributed by atoms with Crippen LogP contribution in [0.1, 0.15) is 37.9 Å². The molecule has 3 rings (SSSR count). The number of urea groups is 1. The molecule has 2 amide bonds. The van der Waals surface area contributed by atoms with E-state index in [0.717, 1.165) is 22.7 Å². The Labute approximate surface area is 181 Å². The Morgan fingerprint density at radius 1 is 1.33 bits per heavy atom. The van der Waals surface area contributed by atoms with Crippen LogP contribution in [0.15, 0.2) is 36.0 Å². The minimum absolute atomic E-state index is 0.00425. The van der Waals surface area contributed by atoms with Gasteiger partial charge in [0.15, 0.2) is 11.6 Å². The molecule has 1 atom stereocenters. The fourth-order valence-electron chi connectivity index (χ4n) is 3.33. The minimum Gasteiger partial charge on any atom is -0.428 e. The monoisotopic (exact) mass is 433 g/mol. The number of fused-ring (bicyclic) bond motifs is 1. The van der Waals surface area contributed by atoms with Crippen LogP contribution in [0, 0.1) is 16.5 Å². The van der Waals surface area contributed by atoms with E-state index in [-0.39, 0.29) is 18.7 Å². The Hall–Kier alpha value is -2.87. The van der Waals surface area contributed by atoms with Crippen molar-refractivity contribution in [3.8, 4) is 6.01 Å². The number of benzene rings is 1. The molecule has 30 heavy (non-hydrogen) atoms. The average molecular weight is 434 g/mol. The highest BCUT2D eigenvalue weighted by atomic mass is 35.5. The van der Waals surface area contributed by atoms with E-state index in [0.29, 0.717) is 37.0 Å². The van der Waals surface area contributed by atoms with Crippen LogP contribution in [0.4, 0.5) is 10.6 Å². The zero-order valence-electron chi connectivity index (χ0n) is 17.6. The van der Waals surface area contributed by atoms with Crippen LogP contribution in [0.3, 0.4) is 0 Å². The number of nitrogens with zero attached hydrogens (tertiary/aromatic N) is 4. The summed E-state index contributed by atoms with van der Waals surface area (Å²) in [5.41, 5.74) is 2.39. The van der Waals surface area contributed by atoms with Crippen molar-refractivity contribution < 1.29 is 25.7 Å². The van der Waals surface area contributed by atoms with Crippen molar-refractivity contribution in [2.24, 2.45) is 5.18 Å². The lowest BCUT2D eigenvalue weighted by Gasteiger charge is -2.31. The van der Waals surface area contributed by atoms with Crippen molar-refractivity contribution >= 4 is 17.5 Å². The van der Waals surface area contributed by atoms with Gasteiger partial charge in [-0.2, -0.15) is 14.5 Å². The number of nitrogens with one attached hydrogen (secondary N) is 1. The molecule has 1 N–H and O–H groups in total. The number of imidazole rings is 1. The number of aromatic amines is 1. The molecule has 0 aliphatic carbocycles. The summed E-state index contributed by atoms with van der Waals surface area (Å²) in [5.74, 6) is 0.632. The molecular formula is C21H28ClN5O3+2. The Kier molecular flexibility index (Phi) is 6.77. The second-order valence-corrected chi connectivity index (χ2v) is 7.81. The fourth-order valence-corrected chi connectivity index (χ4v) is 3.47. The molecule has 0 radical (unpaired) electrons. The summed E-state index contributed by atoms with van der Waals surface area (Å²) in [6, 6.07) is 8.10. The van der Waals surface area contributed by atoms with Gasteiger partial charge in [-0.1, -0.05) is 18.7 Å². The predicted molar refractivity (Wildman–Crippen MR) is 112 cm³/mol. The number of rotatable bonds is 9. The normalized spacial score (nSPS) is 14.7. The first-order chi connectivity index (χ1) is 14.4. The summed E-state index contributed by atoms with van der Waals surface area (Å²) < 4.78 is 8.14. The average Bonchev–Trinajstić information content (AvgIpc) is 3.08. The molecule has 160 valence electrons. The van der Waals surface area contributed by atoms with E-state index in [4.69, 9.17) is 16.3 Å². The predicted octanol–water partition coefficient (Wildman–Crippen LogP) is 3.22. The lowest BCUT2D eigenvalue weighted by Crippen LogP contribution is -2.49. The maximum Gasteiger partial charge on any atom is 0.456 e. The molecule has 0 saturated carbocycles. The molecule has 2 heterocycles. The first-order valence-electron chi connectivity index (χ1n) is 9.99. The van der Waals surface area contributed by atoms with Crippen molar-refractivity contribution in [1.82, 2.24) is 9.88 Å². The third-order valence-corrected chi connectivity index (χ3v) is 5.47. The quantitative estimate of drug-likeness (QED) is 0.374. The van der Waals surface area contributed by atoms with Crippen molar-refractivity contribution in [1.29, 1.82) is 0 Å². The van der Waals surface area contributed by atoms with E-state index < -0.39 is 0 Å². The number of ether oxygens (including phenoxy) is 1. The molecule has 1 aromatic carbocycles. The van der Waals surface area contributed by atoms with Crippen LogP contribution in [0.25, 0.3) is 5.70 Å². The first kappa shape index (κ1) is 21.8. The third-order valence-electron chi connectivity index (χ3n) is 5.20. The van der Waals surface area contributed by atoms with Crippen LogP contribution >= 0.6 is 0 Å². The second kappa shape index (κ2) is 9.30. The van der Waals surface area contributed by atoms with E-state index in [1.54, 1.807) is 16.8 Å². The summed E-state index contributed by atoms with van der Waals surface area (Å²) >= 11 is 5.20. The molecule has 1 aromatic heterocycles. The smallest absolute Gasteiger partial charge is 0.428 e. The number of amides is 2. The van der Waals surface area contributed by atoms with Crippen molar-refractivity contribution in [3.63, 3.8) is 0 Å². The van der Waals surface area contributed by atoms with Crippen LogP contribution in [0.2, 0.25) is 5.02 Å². The van der Waals surface area contributed by atoms with E-state index in [1.165, 1.54) is 0 Å². The van der Waals surface area contributed by atoms with Crippen molar-refractivity contribution in [2.45, 2.75) is 39.3 Å². The van der Waals surface area contributed by atoms with Gasteiger partial charge in [-0.15, -0.1) is 0 Å². The number of H-pyrrole nitrogens is 1. The van der Waals surface area contributed by atoms with Crippen molar-refractivity contribution in [3.05, 3.63) is 52.0 Å². The number of hydrogen-bond acceptors (Lipinski definition) is 4. The van der Waals surface area contributed by atoms with E-state index in [2.05, 4.69) is 23.7 Å². The largest absolute Gasteiger partial charge is 0.456 e. The number of hydrogen-bond donors (Lipinski definition) is 1. The van der Waals surface area contributed by atoms with Gasteiger partial charge in [-0.25, -0.2) is 4.79 Å². The second-order valence-electron chi connectivity index (χ2n) is 7.34. The molecule has 0 fully saturated rings. The number of carbonyl (C=O) groups excluding carboxylic acids is 1. The molecule has 2 aromatic rings. The molecular weight excluding hydrogens is 406 g/mol. The van der Waals surface area contributed by atoms with E-state index in [1.807, 2.05) is 35.8 Å². The van der Waals surface area contributed by atoms with Crippen LogP contribution in [0.5, 0.6) is 6.01 Å². The summed E-state index contributed by atoms with van der Waals surface area (Å²) in [5, 5.41) is 3.67. The molecule has 1 aliphatic rings. The zero-order valence-corrected chi connectivity index (χ0v) is 18.4. The first-order valence-corrected chi connectivity index (χ1v) is 10.4. The van der Waals surface area contributed by atoms with Crippen LogP contribution in [-0.2, 0) is 6.54 Å². The molecule has 1 aliphatic heterocycles. The summed E-state index contributed by atoms with van der Waals surface area (Å²) in [6.45, 7) is 9.28. The van der Waals surface area contributed by atoms with Gasteiger partial charge >= 0.3 is 12.0 Å². The zero-order chi connectivity index (χ0) is 21.8. The summed E-state index contributed by atoms with van der Waals surface area (Å²) in [7, 11) is 1.71. The Morgan fingerprint density at radius 2 is 2.03 bits per heavy atom. The Bertz CT molecular complexity index is 941. The van der Waals surface area contributed by atoms with Gasteiger partial charge < -0.3 is 4.74 Å². The van der Waals surface area contributed by atoms with Gasteiger partial charge in [0.25, 0.3) is 5.82 Å². The molecule has 8 nitrogen and oxygen atoms in total. The molecule has 1 unspecified atom stereocenters. The SMILES string of the molecule is C=C1c2c([nH]c(OC(C)CC)[n+]2Cc2ccc([ClH+])cc2)N(C)C(=O)N1CCCN=O. The third kappa shape index (κ3) is 4.33. The molecule has 0 saturated heterocycles. The number of anilines is 1. The highest BCUT2D eigenvalue weighted by Crippen LogP contribution is 2.33. The maximum absolute atomic E-state index is 12.9. The summed E-state index contributed by atoms with van der Waals surface area (Å²) in [4.78, 5) is 29.8. The number of carbonyl (C=O) groups is 1. The lowest BCUT2D eigenvalue weighted by atomic mass is 10.2. The Balaban J connectivity index is 2.04. The molecule has 9 heteroatoms. The molecule has 0 spiro atoms. The number of halogens is 1. The van der Waals surface area contributed by atoms with Crippen LogP contribution in [-0.4, -0.2) is 42.2 Å². The lowest BCUT2D eigenvalue weighted by molar-refractivity contribution is -0.695. The highest BCUT2D eigenvalue weighted by Gasteiger charge is 2.41.